The zero-order valence-corrected chi connectivity index (χ0v) is 34.4. The maximum atomic E-state index is 6.85. The second-order valence-corrected chi connectivity index (χ2v) is 16.7. The summed E-state index contributed by atoms with van der Waals surface area (Å²) in [5.74, 6) is 0. The van der Waals surface area contributed by atoms with Gasteiger partial charge < -0.3 is 9.32 Å². The fourth-order valence-electron chi connectivity index (χ4n) is 10.8. The SMILES string of the molecule is c1ccc(-c2ccc(-c3ccc(N(c4ccccc4)c4ccc5c(c4)-c4c(cc6oc7ccccc7c6c4-c4ccccc4)C54c5ccccc5-c5ccccc54)cc3)cc2)cc1. The summed E-state index contributed by atoms with van der Waals surface area (Å²) in [7, 11) is 0. The molecular formula is C61H39NO. The number of benzene rings is 10. The van der Waals surface area contributed by atoms with Gasteiger partial charge in [0.2, 0.25) is 0 Å². The molecule has 1 aromatic heterocycles. The molecule has 0 saturated carbocycles. The predicted molar refractivity (Wildman–Crippen MR) is 261 cm³/mol. The van der Waals surface area contributed by atoms with Crippen LogP contribution in [0.3, 0.4) is 0 Å². The van der Waals surface area contributed by atoms with E-state index in [-0.39, 0.29) is 0 Å². The lowest BCUT2D eigenvalue weighted by atomic mass is 9.70. The molecule has 0 saturated heterocycles. The van der Waals surface area contributed by atoms with Crippen LogP contribution in [-0.4, -0.2) is 0 Å². The lowest BCUT2D eigenvalue weighted by molar-refractivity contribution is 0.666. The molecule has 2 aliphatic rings. The summed E-state index contributed by atoms with van der Waals surface area (Å²) < 4.78 is 6.85. The molecule has 0 atom stereocenters. The third-order valence-electron chi connectivity index (χ3n) is 13.5. The van der Waals surface area contributed by atoms with Crippen LogP contribution in [0.15, 0.2) is 241 Å². The first-order valence-corrected chi connectivity index (χ1v) is 21.8. The Kier molecular flexibility index (Phi) is 7.85. The molecule has 0 amide bonds. The highest BCUT2D eigenvalue weighted by Gasteiger charge is 2.53. The minimum absolute atomic E-state index is 0.553. The summed E-state index contributed by atoms with van der Waals surface area (Å²) in [6.07, 6.45) is 0. The van der Waals surface area contributed by atoms with E-state index in [0.717, 1.165) is 39.0 Å². The Bertz CT molecular complexity index is 3490. The molecule has 1 spiro atoms. The highest BCUT2D eigenvalue weighted by molar-refractivity contribution is 6.18. The molecule has 0 unspecified atom stereocenters. The van der Waals surface area contributed by atoms with Gasteiger partial charge in [0.05, 0.1) is 5.41 Å². The van der Waals surface area contributed by atoms with Crippen molar-refractivity contribution in [2.75, 3.05) is 4.90 Å². The smallest absolute Gasteiger partial charge is 0.136 e. The molecule has 10 aromatic carbocycles. The van der Waals surface area contributed by atoms with E-state index < -0.39 is 5.41 Å². The number of para-hydroxylation sites is 2. The Morgan fingerprint density at radius 3 is 1.43 bits per heavy atom. The molecule has 0 radical (unpaired) electrons. The first-order chi connectivity index (χ1) is 31.3. The molecule has 1 heterocycles. The van der Waals surface area contributed by atoms with Crippen LogP contribution in [-0.2, 0) is 5.41 Å². The number of hydrogen-bond acceptors (Lipinski definition) is 2. The molecule has 0 fully saturated rings. The van der Waals surface area contributed by atoms with Crippen LogP contribution in [0.2, 0.25) is 0 Å². The first kappa shape index (κ1) is 35.5. The van der Waals surface area contributed by atoms with Crippen molar-refractivity contribution in [2.45, 2.75) is 5.41 Å². The monoisotopic (exact) mass is 801 g/mol. The normalized spacial score (nSPS) is 12.9. The molecule has 11 aromatic rings. The number of fused-ring (bicyclic) bond motifs is 13. The molecule has 0 bridgehead atoms. The Labute approximate surface area is 366 Å². The minimum atomic E-state index is -0.553. The highest BCUT2D eigenvalue weighted by atomic mass is 16.3. The first-order valence-electron chi connectivity index (χ1n) is 21.8. The fraction of sp³-hybridized carbons (Fsp3) is 0.0164. The van der Waals surface area contributed by atoms with Crippen molar-refractivity contribution in [1.82, 2.24) is 0 Å². The minimum Gasteiger partial charge on any atom is -0.456 e. The van der Waals surface area contributed by atoms with Gasteiger partial charge in [0.15, 0.2) is 0 Å². The van der Waals surface area contributed by atoms with Gasteiger partial charge in [-0.2, -0.15) is 0 Å². The maximum Gasteiger partial charge on any atom is 0.136 e. The largest absolute Gasteiger partial charge is 0.456 e. The van der Waals surface area contributed by atoms with Crippen molar-refractivity contribution in [3.8, 4) is 55.6 Å². The zero-order chi connectivity index (χ0) is 41.5. The van der Waals surface area contributed by atoms with Crippen molar-refractivity contribution in [2.24, 2.45) is 0 Å². The van der Waals surface area contributed by atoms with Gasteiger partial charge in [-0.3, -0.25) is 0 Å². The molecule has 294 valence electrons. The Morgan fingerprint density at radius 2 is 0.778 bits per heavy atom. The van der Waals surface area contributed by atoms with Crippen LogP contribution in [0.1, 0.15) is 22.3 Å². The number of furan rings is 1. The van der Waals surface area contributed by atoms with Crippen LogP contribution in [0.5, 0.6) is 0 Å². The molecule has 2 aliphatic carbocycles. The molecule has 13 rings (SSSR count). The van der Waals surface area contributed by atoms with E-state index >= 15 is 0 Å². The second-order valence-electron chi connectivity index (χ2n) is 16.7. The van der Waals surface area contributed by atoms with E-state index in [9.17, 15) is 0 Å². The third kappa shape index (κ3) is 5.25. The highest BCUT2D eigenvalue weighted by Crippen LogP contribution is 2.66. The zero-order valence-electron chi connectivity index (χ0n) is 34.4. The maximum absolute atomic E-state index is 6.85. The van der Waals surface area contributed by atoms with Gasteiger partial charge in [0, 0.05) is 33.4 Å². The van der Waals surface area contributed by atoms with Crippen molar-refractivity contribution in [3.05, 3.63) is 259 Å². The summed E-state index contributed by atoms with van der Waals surface area (Å²) >= 11 is 0. The lowest BCUT2D eigenvalue weighted by Gasteiger charge is -2.31. The van der Waals surface area contributed by atoms with E-state index in [1.165, 1.54) is 77.9 Å². The van der Waals surface area contributed by atoms with Crippen LogP contribution >= 0.6 is 0 Å². The average molecular weight is 802 g/mol. The van der Waals surface area contributed by atoms with E-state index in [2.05, 4.69) is 241 Å². The van der Waals surface area contributed by atoms with Gasteiger partial charge in [0.1, 0.15) is 11.2 Å². The average Bonchev–Trinajstić information content (AvgIpc) is 3.98. The van der Waals surface area contributed by atoms with Gasteiger partial charge in [-0.15, -0.1) is 0 Å². The molecular weight excluding hydrogens is 763 g/mol. The lowest BCUT2D eigenvalue weighted by Crippen LogP contribution is -2.26. The molecule has 63 heavy (non-hydrogen) atoms. The Hall–Kier alpha value is -8.20. The summed E-state index contributed by atoms with van der Waals surface area (Å²) in [5, 5.41) is 2.27. The van der Waals surface area contributed by atoms with E-state index in [1.807, 2.05) is 0 Å². The number of rotatable bonds is 6. The van der Waals surface area contributed by atoms with E-state index in [1.54, 1.807) is 0 Å². The van der Waals surface area contributed by atoms with Crippen molar-refractivity contribution >= 4 is 39.0 Å². The number of anilines is 3. The van der Waals surface area contributed by atoms with Crippen LogP contribution in [0.25, 0.3) is 77.6 Å². The Morgan fingerprint density at radius 1 is 0.302 bits per heavy atom. The van der Waals surface area contributed by atoms with E-state index in [0.29, 0.717) is 0 Å². The van der Waals surface area contributed by atoms with Gasteiger partial charge in [-0.25, -0.2) is 0 Å². The standard InChI is InChI=1S/C61H39NO/c1-4-16-40(17-5-1)41-28-30-42(31-29-41)43-32-34-46(35-33-43)62(45-20-8-3-9-21-45)47-36-37-54-51(38-47)59-55(61(54)52-25-13-10-22-48(52)49-23-11-14-26-53(49)61)39-57-60(50-24-12-15-27-56(50)63-57)58(59)44-18-6-2-7-19-44/h1-39H. The summed E-state index contributed by atoms with van der Waals surface area (Å²) in [6.45, 7) is 0. The second kappa shape index (κ2) is 13.9. The van der Waals surface area contributed by atoms with Crippen LogP contribution in [0, 0.1) is 0 Å². The van der Waals surface area contributed by atoms with Crippen LogP contribution < -0.4 is 4.90 Å². The summed E-state index contributed by atoms with van der Waals surface area (Å²) in [6, 6.07) is 86.3. The van der Waals surface area contributed by atoms with Crippen molar-refractivity contribution < 1.29 is 4.42 Å². The van der Waals surface area contributed by atoms with Crippen LogP contribution in [0.4, 0.5) is 17.1 Å². The molecule has 2 heteroatoms. The van der Waals surface area contributed by atoms with Gasteiger partial charge in [0.25, 0.3) is 0 Å². The van der Waals surface area contributed by atoms with Crippen molar-refractivity contribution in [1.29, 1.82) is 0 Å². The topological polar surface area (TPSA) is 16.4 Å². The molecule has 2 nitrogen and oxygen atoms in total. The molecule has 0 N–H and O–H groups in total. The summed E-state index contributed by atoms with van der Waals surface area (Å²) in [5.41, 5.74) is 21.9. The number of hydrogen-bond donors (Lipinski definition) is 0. The Balaban J connectivity index is 1.05. The molecule has 0 aliphatic heterocycles. The summed E-state index contributed by atoms with van der Waals surface area (Å²) in [4.78, 5) is 2.40. The fourth-order valence-corrected chi connectivity index (χ4v) is 10.8. The number of nitrogens with zero attached hydrogens (tertiary/aromatic N) is 1. The predicted octanol–water partition coefficient (Wildman–Crippen LogP) is 16.4. The van der Waals surface area contributed by atoms with Gasteiger partial charge >= 0.3 is 0 Å². The van der Waals surface area contributed by atoms with Gasteiger partial charge in [-0.05, 0) is 121 Å². The van der Waals surface area contributed by atoms with E-state index in [4.69, 9.17) is 4.42 Å². The van der Waals surface area contributed by atoms with Gasteiger partial charge in [-0.1, -0.05) is 188 Å². The quantitative estimate of drug-likeness (QED) is 0.167. The third-order valence-corrected chi connectivity index (χ3v) is 13.5. The van der Waals surface area contributed by atoms with Crippen molar-refractivity contribution in [3.63, 3.8) is 0 Å².